The van der Waals surface area contributed by atoms with E-state index in [-0.39, 0.29) is 18.3 Å². The number of rotatable bonds is 6. The van der Waals surface area contributed by atoms with Crippen LogP contribution in [0.4, 0.5) is 0 Å². The van der Waals surface area contributed by atoms with Crippen molar-refractivity contribution in [3.8, 4) is 5.75 Å². The molecule has 2 N–H and O–H groups in total. The average Bonchev–Trinajstić information content (AvgIpc) is 2.72. The molecule has 1 unspecified atom stereocenters. The molecule has 7 heteroatoms. The van der Waals surface area contributed by atoms with Gasteiger partial charge >= 0.3 is 0 Å². The van der Waals surface area contributed by atoms with Gasteiger partial charge in [0.2, 0.25) is 5.91 Å². The molecule has 0 aliphatic carbocycles. The zero-order valence-electron chi connectivity index (χ0n) is 15.3. The van der Waals surface area contributed by atoms with Gasteiger partial charge in [0.25, 0.3) is 5.91 Å². The summed E-state index contributed by atoms with van der Waals surface area (Å²) in [7, 11) is 0. The Morgan fingerprint density at radius 1 is 1.00 bits per heavy atom. The van der Waals surface area contributed by atoms with Gasteiger partial charge in [-0.25, -0.2) is 0 Å². The number of primary amides is 1. The first kappa shape index (κ1) is 19.9. The van der Waals surface area contributed by atoms with Gasteiger partial charge in [0.1, 0.15) is 11.8 Å². The summed E-state index contributed by atoms with van der Waals surface area (Å²) >= 11 is 5.84. The van der Waals surface area contributed by atoms with Crippen LogP contribution in [-0.4, -0.2) is 41.7 Å². The molecule has 6 nitrogen and oxygen atoms in total. The molecular weight excluding hydrogens is 380 g/mol. The van der Waals surface area contributed by atoms with Crippen LogP contribution >= 0.6 is 11.6 Å². The summed E-state index contributed by atoms with van der Waals surface area (Å²) in [4.78, 5) is 37.9. The molecule has 1 aliphatic rings. The van der Waals surface area contributed by atoms with Crippen LogP contribution in [0.25, 0.3) is 0 Å². The van der Waals surface area contributed by atoms with E-state index < -0.39 is 11.9 Å². The topological polar surface area (TPSA) is 89.7 Å². The number of benzene rings is 2. The summed E-state index contributed by atoms with van der Waals surface area (Å²) in [5.41, 5.74) is 6.43. The molecule has 0 radical (unpaired) electrons. The molecule has 3 rings (SSSR count). The number of halogens is 1. The van der Waals surface area contributed by atoms with Crippen molar-refractivity contribution in [1.82, 2.24) is 4.90 Å². The fraction of sp³-hybridized carbons (Fsp3) is 0.286. The van der Waals surface area contributed by atoms with E-state index in [4.69, 9.17) is 22.1 Å². The minimum atomic E-state index is -0.566. The molecule has 0 saturated carbocycles. The first-order valence-corrected chi connectivity index (χ1v) is 9.45. The maximum Gasteiger partial charge on any atom is 0.261 e. The summed E-state index contributed by atoms with van der Waals surface area (Å²) in [6.45, 7) is 0.318. The highest BCUT2D eigenvalue weighted by Gasteiger charge is 2.30. The van der Waals surface area contributed by atoms with Gasteiger partial charge in [-0.05, 0) is 67.8 Å². The van der Waals surface area contributed by atoms with Crippen molar-refractivity contribution in [3.63, 3.8) is 0 Å². The van der Waals surface area contributed by atoms with E-state index in [2.05, 4.69) is 0 Å². The van der Waals surface area contributed by atoms with Crippen molar-refractivity contribution in [1.29, 1.82) is 0 Å². The van der Waals surface area contributed by atoms with Crippen LogP contribution < -0.4 is 10.5 Å². The number of nitrogens with two attached hydrogens (primary N) is 1. The number of ketones is 1. The molecule has 2 amide bonds. The highest BCUT2D eigenvalue weighted by atomic mass is 35.5. The molecule has 1 fully saturated rings. The van der Waals surface area contributed by atoms with Gasteiger partial charge in [-0.3, -0.25) is 14.4 Å². The number of ether oxygens (including phenoxy) is 1. The summed E-state index contributed by atoms with van der Waals surface area (Å²) < 4.78 is 5.53. The van der Waals surface area contributed by atoms with Crippen molar-refractivity contribution in [2.45, 2.75) is 25.3 Å². The number of hydrogen-bond acceptors (Lipinski definition) is 4. The van der Waals surface area contributed by atoms with Gasteiger partial charge in [0.15, 0.2) is 12.4 Å². The van der Waals surface area contributed by atoms with E-state index in [9.17, 15) is 14.4 Å². The fourth-order valence-corrected chi connectivity index (χ4v) is 3.35. The van der Waals surface area contributed by atoms with Gasteiger partial charge in [0, 0.05) is 22.7 Å². The van der Waals surface area contributed by atoms with E-state index in [0.29, 0.717) is 34.9 Å². The van der Waals surface area contributed by atoms with Gasteiger partial charge < -0.3 is 15.4 Å². The molecule has 2 aromatic rings. The minimum absolute atomic E-state index is 0.128. The predicted octanol–water partition coefficient (Wildman–Crippen LogP) is 2.82. The molecule has 1 saturated heterocycles. The second-order valence-corrected chi connectivity index (χ2v) is 7.09. The zero-order valence-corrected chi connectivity index (χ0v) is 16.0. The Morgan fingerprint density at radius 3 is 2.21 bits per heavy atom. The lowest BCUT2D eigenvalue weighted by Gasteiger charge is -2.33. The van der Waals surface area contributed by atoms with Gasteiger partial charge in [-0.1, -0.05) is 11.6 Å². The highest BCUT2D eigenvalue weighted by molar-refractivity contribution is 6.30. The monoisotopic (exact) mass is 400 g/mol. The van der Waals surface area contributed by atoms with E-state index >= 15 is 0 Å². The standard InChI is InChI=1S/C21H21ClN2O4/c22-16-8-4-14(5-9-16)20(26)15-6-10-17(11-7-15)28-13-19(25)24-12-2-1-3-18(24)21(23)27/h4-11,18H,1-3,12-13H2,(H2,23,27). The molecule has 1 atom stereocenters. The summed E-state index contributed by atoms with van der Waals surface area (Å²) in [6, 6.07) is 12.7. The Hall–Kier alpha value is -2.86. The highest BCUT2D eigenvalue weighted by Crippen LogP contribution is 2.19. The number of hydrogen-bond donors (Lipinski definition) is 1. The molecule has 0 aromatic heterocycles. The normalized spacial score (nSPS) is 16.5. The van der Waals surface area contributed by atoms with E-state index in [0.717, 1.165) is 12.8 Å². The van der Waals surface area contributed by atoms with E-state index in [1.807, 2.05) is 0 Å². The lowest BCUT2D eigenvalue weighted by atomic mass is 10.0. The van der Waals surface area contributed by atoms with E-state index in [1.54, 1.807) is 48.5 Å². The quantitative estimate of drug-likeness (QED) is 0.755. The van der Waals surface area contributed by atoms with Crippen LogP contribution in [0.5, 0.6) is 5.75 Å². The van der Waals surface area contributed by atoms with Gasteiger partial charge in [0.05, 0.1) is 0 Å². The second-order valence-electron chi connectivity index (χ2n) is 6.65. The molecule has 1 aliphatic heterocycles. The third-order valence-electron chi connectivity index (χ3n) is 4.74. The van der Waals surface area contributed by atoms with Gasteiger partial charge in [-0.15, -0.1) is 0 Å². The van der Waals surface area contributed by atoms with Crippen LogP contribution in [0.1, 0.15) is 35.2 Å². The maximum atomic E-state index is 12.5. The Morgan fingerprint density at radius 2 is 1.61 bits per heavy atom. The number of amides is 2. The smallest absolute Gasteiger partial charge is 0.261 e. The first-order chi connectivity index (χ1) is 13.5. The van der Waals surface area contributed by atoms with Crippen molar-refractivity contribution >= 4 is 29.2 Å². The molecule has 28 heavy (non-hydrogen) atoms. The number of piperidine rings is 1. The predicted molar refractivity (Wildman–Crippen MR) is 105 cm³/mol. The van der Waals surface area contributed by atoms with Crippen LogP contribution in [0.3, 0.4) is 0 Å². The number of carbonyl (C=O) groups excluding carboxylic acids is 3. The average molecular weight is 401 g/mol. The zero-order chi connectivity index (χ0) is 20.1. The molecule has 1 heterocycles. The molecule has 0 bridgehead atoms. The van der Waals surface area contributed by atoms with Crippen molar-refractivity contribution < 1.29 is 19.1 Å². The SMILES string of the molecule is NC(=O)C1CCCCN1C(=O)COc1ccc(C(=O)c2ccc(Cl)cc2)cc1. The number of likely N-dealkylation sites (tertiary alicyclic amines) is 1. The largest absolute Gasteiger partial charge is 0.484 e. The van der Waals surface area contributed by atoms with Crippen LogP contribution in [0.15, 0.2) is 48.5 Å². The second kappa shape index (κ2) is 8.89. The molecule has 0 spiro atoms. The number of nitrogens with zero attached hydrogens (tertiary/aromatic N) is 1. The Balaban J connectivity index is 1.59. The van der Waals surface area contributed by atoms with Crippen LogP contribution in [-0.2, 0) is 9.59 Å². The Kier molecular flexibility index (Phi) is 6.31. The lowest BCUT2D eigenvalue weighted by molar-refractivity contribution is -0.142. The summed E-state index contributed by atoms with van der Waals surface area (Å²) in [6.07, 6.45) is 2.31. The first-order valence-electron chi connectivity index (χ1n) is 9.07. The van der Waals surface area contributed by atoms with Crippen LogP contribution in [0.2, 0.25) is 5.02 Å². The minimum Gasteiger partial charge on any atom is -0.484 e. The van der Waals surface area contributed by atoms with Crippen LogP contribution in [0, 0.1) is 0 Å². The third-order valence-corrected chi connectivity index (χ3v) is 4.99. The molecule has 2 aromatic carbocycles. The van der Waals surface area contributed by atoms with Crippen molar-refractivity contribution in [2.75, 3.05) is 13.2 Å². The fourth-order valence-electron chi connectivity index (χ4n) is 3.22. The summed E-state index contributed by atoms with van der Waals surface area (Å²) in [5, 5.41) is 0.567. The van der Waals surface area contributed by atoms with Crippen molar-refractivity contribution in [3.05, 3.63) is 64.7 Å². The molecule has 146 valence electrons. The van der Waals surface area contributed by atoms with E-state index in [1.165, 1.54) is 4.90 Å². The summed E-state index contributed by atoms with van der Waals surface area (Å²) in [5.74, 6) is -0.423. The Labute approximate surface area is 168 Å². The lowest BCUT2D eigenvalue weighted by Crippen LogP contribution is -2.51. The molecular formula is C21H21ClN2O4. The Bertz CT molecular complexity index is 865. The number of carbonyl (C=O) groups is 3. The van der Waals surface area contributed by atoms with Gasteiger partial charge in [-0.2, -0.15) is 0 Å². The third kappa shape index (κ3) is 4.70. The maximum absolute atomic E-state index is 12.5. The van der Waals surface area contributed by atoms with Crippen molar-refractivity contribution in [2.24, 2.45) is 5.73 Å².